The van der Waals surface area contributed by atoms with Crippen LogP contribution in [0.4, 0.5) is 0 Å². The third kappa shape index (κ3) is 3.46. The van der Waals surface area contributed by atoms with Crippen molar-refractivity contribution in [2.75, 3.05) is 5.75 Å². The predicted molar refractivity (Wildman–Crippen MR) is 65.1 cm³/mol. The molecule has 94 valence electrons. The van der Waals surface area contributed by atoms with Crippen molar-refractivity contribution in [2.45, 2.75) is 49.7 Å². The van der Waals surface area contributed by atoms with E-state index >= 15 is 0 Å². The Kier molecular flexibility index (Phi) is 4.42. The van der Waals surface area contributed by atoms with Crippen LogP contribution in [-0.2, 0) is 4.79 Å². The number of thioether (sulfide) groups is 1. The van der Waals surface area contributed by atoms with Gasteiger partial charge in [-0.25, -0.2) is 0 Å². The molecule has 1 N–H and O–H groups in total. The lowest BCUT2D eigenvalue weighted by Crippen LogP contribution is -2.09. The van der Waals surface area contributed by atoms with Gasteiger partial charge in [-0.3, -0.25) is 4.79 Å². The Morgan fingerprint density at radius 1 is 1.41 bits per heavy atom. The maximum Gasteiger partial charge on any atom is 0.313 e. The number of carboxylic acid groups (broad SMARTS) is 1. The number of aliphatic carboxylic acids is 1. The van der Waals surface area contributed by atoms with Gasteiger partial charge in [0.2, 0.25) is 0 Å². The van der Waals surface area contributed by atoms with E-state index in [4.69, 9.17) is 5.11 Å². The third-order valence-electron chi connectivity index (χ3n) is 3.08. The smallest absolute Gasteiger partial charge is 0.313 e. The summed E-state index contributed by atoms with van der Waals surface area (Å²) in [5.41, 5.74) is 0. The highest BCUT2D eigenvalue weighted by atomic mass is 32.2. The molecule has 1 aliphatic rings. The van der Waals surface area contributed by atoms with Gasteiger partial charge >= 0.3 is 5.97 Å². The number of hydrogen-bond donors (Lipinski definition) is 1. The zero-order valence-electron chi connectivity index (χ0n) is 9.71. The molecule has 0 aromatic carbocycles. The first-order valence-electron chi connectivity index (χ1n) is 6.01. The molecular weight excluding hydrogens is 238 g/mol. The average Bonchev–Trinajstić information content (AvgIpc) is 2.60. The van der Waals surface area contributed by atoms with Gasteiger partial charge in [0.05, 0.1) is 5.75 Å². The Bertz CT molecular complexity index is 373. The maximum atomic E-state index is 10.6. The topological polar surface area (TPSA) is 68.0 Å². The molecule has 5 nitrogen and oxygen atoms in total. The largest absolute Gasteiger partial charge is 0.481 e. The van der Waals surface area contributed by atoms with Gasteiger partial charge in [0, 0.05) is 6.04 Å². The van der Waals surface area contributed by atoms with E-state index in [2.05, 4.69) is 14.8 Å². The molecule has 0 unspecified atom stereocenters. The van der Waals surface area contributed by atoms with Gasteiger partial charge in [-0.15, -0.1) is 10.2 Å². The minimum Gasteiger partial charge on any atom is -0.481 e. The lowest BCUT2D eigenvalue weighted by Gasteiger charge is -2.16. The van der Waals surface area contributed by atoms with Crippen molar-refractivity contribution < 1.29 is 9.90 Å². The molecule has 1 heterocycles. The molecule has 0 atom stereocenters. The number of aromatic nitrogens is 3. The molecule has 1 saturated carbocycles. The summed E-state index contributed by atoms with van der Waals surface area (Å²) >= 11 is 1.25. The predicted octanol–water partition coefficient (Wildman–Crippen LogP) is 2.35. The second-order valence-electron chi connectivity index (χ2n) is 4.35. The van der Waals surface area contributed by atoms with E-state index in [1.165, 1.54) is 37.4 Å². The molecule has 1 fully saturated rings. The van der Waals surface area contributed by atoms with Gasteiger partial charge in [0.15, 0.2) is 5.16 Å². The highest BCUT2D eigenvalue weighted by Gasteiger charge is 2.18. The Morgan fingerprint density at radius 3 is 2.76 bits per heavy atom. The van der Waals surface area contributed by atoms with Gasteiger partial charge in [0.1, 0.15) is 6.33 Å². The van der Waals surface area contributed by atoms with Crippen LogP contribution in [0.25, 0.3) is 0 Å². The first kappa shape index (κ1) is 12.4. The van der Waals surface area contributed by atoms with E-state index < -0.39 is 5.97 Å². The SMILES string of the molecule is O=C(O)CSc1nncn1C1CCCCCC1. The van der Waals surface area contributed by atoms with Crippen LogP contribution in [0.5, 0.6) is 0 Å². The number of nitrogens with zero attached hydrogens (tertiary/aromatic N) is 3. The van der Waals surface area contributed by atoms with Crippen LogP contribution in [-0.4, -0.2) is 31.6 Å². The Morgan fingerprint density at radius 2 is 2.12 bits per heavy atom. The van der Waals surface area contributed by atoms with E-state index in [0.717, 1.165) is 18.0 Å². The molecule has 1 aliphatic carbocycles. The van der Waals surface area contributed by atoms with Crippen molar-refractivity contribution in [3.63, 3.8) is 0 Å². The van der Waals surface area contributed by atoms with E-state index in [1.807, 2.05) is 0 Å². The summed E-state index contributed by atoms with van der Waals surface area (Å²) in [6.45, 7) is 0. The van der Waals surface area contributed by atoms with Crippen molar-refractivity contribution in [2.24, 2.45) is 0 Å². The Balaban J connectivity index is 2.03. The van der Waals surface area contributed by atoms with E-state index in [9.17, 15) is 4.79 Å². The van der Waals surface area contributed by atoms with Crippen molar-refractivity contribution >= 4 is 17.7 Å². The number of hydrogen-bond acceptors (Lipinski definition) is 4. The summed E-state index contributed by atoms with van der Waals surface area (Å²) in [5, 5.41) is 17.3. The lowest BCUT2D eigenvalue weighted by molar-refractivity contribution is -0.133. The molecule has 2 rings (SSSR count). The number of carbonyl (C=O) groups is 1. The lowest BCUT2D eigenvalue weighted by atomic mass is 10.1. The molecule has 0 spiro atoms. The normalized spacial score (nSPS) is 17.9. The zero-order valence-corrected chi connectivity index (χ0v) is 10.5. The Hall–Kier alpha value is -1.04. The minimum absolute atomic E-state index is 0.0470. The molecule has 1 aromatic heterocycles. The molecule has 0 bridgehead atoms. The Labute approximate surface area is 105 Å². The van der Waals surface area contributed by atoms with Crippen molar-refractivity contribution in [3.05, 3.63) is 6.33 Å². The summed E-state index contributed by atoms with van der Waals surface area (Å²) in [6.07, 6.45) is 9.13. The molecule has 17 heavy (non-hydrogen) atoms. The average molecular weight is 255 g/mol. The number of rotatable bonds is 4. The molecule has 0 amide bonds. The van der Waals surface area contributed by atoms with Gasteiger partial charge < -0.3 is 9.67 Å². The molecule has 0 aliphatic heterocycles. The monoisotopic (exact) mass is 255 g/mol. The molecule has 0 saturated heterocycles. The zero-order chi connectivity index (χ0) is 12.1. The van der Waals surface area contributed by atoms with Gasteiger partial charge in [-0.1, -0.05) is 37.4 Å². The second-order valence-corrected chi connectivity index (χ2v) is 5.29. The van der Waals surface area contributed by atoms with E-state index in [-0.39, 0.29) is 5.75 Å². The van der Waals surface area contributed by atoms with Crippen molar-refractivity contribution in [1.82, 2.24) is 14.8 Å². The van der Waals surface area contributed by atoms with Crippen LogP contribution in [0, 0.1) is 0 Å². The second kappa shape index (κ2) is 6.05. The quantitative estimate of drug-likeness (QED) is 0.660. The van der Waals surface area contributed by atoms with Crippen LogP contribution < -0.4 is 0 Å². The molecule has 1 aromatic rings. The summed E-state index contributed by atoms with van der Waals surface area (Å²) in [4.78, 5) is 10.6. The van der Waals surface area contributed by atoms with Crippen molar-refractivity contribution in [1.29, 1.82) is 0 Å². The van der Waals surface area contributed by atoms with Gasteiger partial charge in [-0.2, -0.15) is 0 Å². The molecule has 0 radical (unpaired) electrons. The van der Waals surface area contributed by atoms with Crippen LogP contribution >= 0.6 is 11.8 Å². The van der Waals surface area contributed by atoms with Crippen molar-refractivity contribution in [3.8, 4) is 0 Å². The van der Waals surface area contributed by atoms with Crippen LogP contribution in [0.3, 0.4) is 0 Å². The fraction of sp³-hybridized carbons (Fsp3) is 0.727. The fourth-order valence-corrected chi connectivity index (χ4v) is 2.95. The molecular formula is C11H17N3O2S. The standard InChI is InChI=1S/C11H17N3O2S/c15-10(16)7-17-11-13-12-8-14(11)9-5-3-1-2-4-6-9/h8-9H,1-7H2,(H,15,16). The van der Waals surface area contributed by atoms with Crippen LogP contribution in [0.15, 0.2) is 11.5 Å². The first-order chi connectivity index (χ1) is 8.27. The summed E-state index contributed by atoms with van der Waals surface area (Å²) in [6, 6.07) is 0.448. The van der Waals surface area contributed by atoms with Gasteiger partial charge in [-0.05, 0) is 12.8 Å². The van der Waals surface area contributed by atoms with E-state index in [0.29, 0.717) is 6.04 Å². The summed E-state index contributed by atoms with van der Waals surface area (Å²) < 4.78 is 2.05. The van der Waals surface area contributed by atoms with Gasteiger partial charge in [0.25, 0.3) is 0 Å². The van der Waals surface area contributed by atoms with Crippen LogP contribution in [0.1, 0.15) is 44.6 Å². The number of carboxylic acids is 1. The highest BCUT2D eigenvalue weighted by Crippen LogP contribution is 2.30. The van der Waals surface area contributed by atoms with Crippen LogP contribution in [0.2, 0.25) is 0 Å². The summed E-state index contributed by atoms with van der Waals surface area (Å²) in [7, 11) is 0. The summed E-state index contributed by atoms with van der Waals surface area (Å²) in [5.74, 6) is -0.767. The first-order valence-corrected chi connectivity index (χ1v) is 7.00. The highest BCUT2D eigenvalue weighted by molar-refractivity contribution is 7.99. The molecule has 6 heteroatoms. The van der Waals surface area contributed by atoms with E-state index in [1.54, 1.807) is 6.33 Å². The third-order valence-corrected chi connectivity index (χ3v) is 4.02. The minimum atomic E-state index is -0.814. The fourth-order valence-electron chi connectivity index (χ4n) is 2.25. The maximum absolute atomic E-state index is 10.6.